The molecule has 2 aromatic rings. The van der Waals surface area contributed by atoms with Gasteiger partial charge in [0.1, 0.15) is 11.4 Å². The molecule has 0 radical (unpaired) electrons. The summed E-state index contributed by atoms with van der Waals surface area (Å²) in [7, 11) is 0. The summed E-state index contributed by atoms with van der Waals surface area (Å²) >= 11 is 5.80. The molecule has 6 nitrogen and oxygen atoms in total. The Kier molecular flexibility index (Phi) is 4.80. The van der Waals surface area contributed by atoms with Crippen LogP contribution in [0.2, 0.25) is 5.02 Å². The molecule has 0 spiro atoms. The lowest BCUT2D eigenvalue weighted by molar-refractivity contribution is -0.385. The minimum atomic E-state index is -0.734. The molecule has 0 unspecified atom stereocenters. The van der Waals surface area contributed by atoms with Gasteiger partial charge in [0.25, 0.3) is 11.6 Å². The molecule has 2 rings (SSSR count). The summed E-state index contributed by atoms with van der Waals surface area (Å²) < 4.78 is 12.9. The number of amides is 1. The molecule has 0 saturated carbocycles. The highest BCUT2D eigenvalue weighted by atomic mass is 35.5. The summed E-state index contributed by atoms with van der Waals surface area (Å²) in [4.78, 5) is 22.1. The van der Waals surface area contributed by atoms with Crippen LogP contribution < -0.4 is 5.43 Å². The van der Waals surface area contributed by atoms with Crippen LogP contribution in [-0.4, -0.2) is 17.0 Å². The van der Waals surface area contributed by atoms with Gasteiger partial charge in [-0.05, 0) is 24.3 Å². The largest absolute Gasteiger partial charge is 0.282 e. The lowest BCUT2D eigenvalue weighted by atomic mass is 10.2. The first-order valence-corrected chi connectivity index (χ1v) is 6.38. The Morgan fingerprint density at radius 3 is 2.73 bits per heavy atom. The number of para-hydroxylation sites is 1. The number of hydrogen-bond donors (Lipinski definition) is 1. The number of carbonyl (C=O) groups excluding carboxylic acids is 1. The second kappa shape index (κ2) is 6.77. The summed E-state index contributed by atoms with van der Waals surface area (Å²) in [5.74, 6) is -1.23. The molecular weight excluding hydrogens is 313 g/mol. The molecule has 22 heavy (non-hydrogen) atoms. The Morgan fingerprint density at radius 2 is 2.05 bits per heavy atom. The number of hydrogen-bond acceptors (Lipinski definition) is 4. The number of carbonyl (C=O) groups is 1. The molecule has 8 heteroatoms. The van der Waals surface area contributed by atoms with Gasteiger partial charge < -0.3 is 0 Å². The summed E-state index contributed by atoms with van der Waals surface area (Å²) in [6.45, 7) is 0. The molecule has 0 aliphatic carbocycles. The SMILES string of the molecule is O=C(N/N=C/c1ccc(F)cc1Cl)c1ccccc1[N+](=O)[O-]. The van der Waals surface area contributed by atoms with E-state index in [-0.39, 0.29) is 16.3 Å². The van der Waals surface area contributed by atoms with Crippen LogP contribution in [0.3, 0.4) is 0 Å². The fraction of sp³-hybridized carbons (Fsp3) is 0. The molecule has 0 aliphatic heterocycles. The van der Waals surface area contributed by atoms with Crippen molar-refractivity contribution >= 4 is 29.4 Å². The van der Waals surface area contributed by atoms with Crippen molar-refractivity contribution in [3.05, 3.63) is 74.5 Å². The number of nitrogens with zero attached hydrogens (tertiary/aromatic N) is 2. The van der Waals surface area contributed by atoms with Crippen LogP contribution in [-0.2, 0) is 0 Å². The molecular formula is C14H9ClFN3O3. The quantitative estimate of drug-likeness (QED) is 0.533. The van der Waals surface area contributed by atoms with Crippen molar-refractivity contribution in [2.45, 2.75) is 0 Å². The van der Waals surface area contributed by atoms with Crippen molar-refractivity contribution in [2.75, 3.05) is 0 Å². The van der Waals surface area contributed by atoms with Crippen LogP contribution in [0, 0.1) is 15.9 Å². The Hall–Kier alpha value is -2.80. The first-order valence-electron chi connectivity index (χ1n) is 6.01. The molecule has 0 aromatic heterocycles. The highest BCUT2D eigenvalue weighted by Crippen LogP contribution is 2.17. The predicted octanol–water partition coefficient (Wildman–Crippen LogP) is 3.15. The average molecular weight is 322 g/mol. The first kappa shape index (κ1) is 15.6. The predicted molar refractivity (Wildman–Crippen MR) is 79.6 cm³/mol. The van der Waals surface area contributed by atoms with Crippen LogP contribution in [0.5, 0.6) is 0 Å². The second-order valence-electron chi connectivity index (χ2n) is 4.14. The van der Waals surface area contributed by atoms with Crippen molar-refractivity contribution in [3.8, 4) is 0 Å². The molecule has 1 N–H and O–H groups in total. The van der Waals surface area contributed by atoms with Gasteiger partial charge in [-0.25, -0.2) is 9.82 Å². The first-order chi connectivity index (χ1) is 10.5. The number of nitro benzene ring substituents is 1. The molecule has 1 amide bonds. The Balaban J connectivity index is 2.13. The maximum Gasteiger partial charge on any atom is 0.282 e. The summed E-state index contributed by atoms with van der Waals surface area (Å²) in [6, 6.07) is 9.17. The normalized spacial score (nSPS) is 10.6. The van der Waals surface area contributed by atoms with E-state index in [0.29, 0.717) is 5.56 Å². The van der Waals surface area contributed by atoms with E-state index in [1.165, 1.54) is 42.6 Å². The van der Waals surface area contributed by atoms with Gasteiger partial charge in [-0.1, -0.05) is 23.7 Å². The third-order valence-electron chi connectivity index (χ3n) is 2.68. The van der Waals surface area contributed by atoms with Crippen molar-refractivity contribution in [1.82, 2.24) is 5.43 Å². The molecule has 0 heterocycles. The number of benzene rings is 2. The van der Waals surface area contributed by atoms with Crippen LogP contribution >= 0.6 is 11.6 Å². The van der Waals surface area contributed by atoms with Crippen molar-refractivity contribution in [2.24, 2.45) is 5.10 Å². The number of rotatable bonds is 4. The van der Waals surface area contributed by atoms with Crippen LogP contribution in [0.1, 0.15) is 15.9 Å². The molecule has 0 bridgehead atoms. The van der Waals surface area contributed by atoms with Gasteiger partial charge in [-0.3, -0.25) is 14.9 Å². The molecule has 0 fully saturated rings. The summed E-state index contributed by atoms with van der Waals surface area (Å²) in [5, 5.41) is 14.6. The standard InChI is InChI=1S/C14H9ClFN3O3/c15-12-7-10(16)6-5-9(12)8-17-18-14(20)11-3-1-2-4-13(11)19(21)22/h1-8H,(H,18,20)/b17-8+. The number of hydrazone groups is 1. The van der Waals surface area contributed by atoms with Crippen LogP contribution in [0.25, 0.3) is 0 Å². The smallest absolute Gasteiger partial charge is 0.267 e. The van der Waals surface area contributed by atoms with Crippen LogP contribution in [0.15, 0.2) is 47.6 Å². The lowest BCUT2D eigenvalue weighted by Crippen LogP contribution is -2.19. The van der Waals surface area contributed by atoms with Gasteiger partial charge in [-0.2, -0.15) is 5.10 Å². The van der Waals surface area contributed by atoms with Crippen molar-refractivity contribution in [3.63, 3.8) is 0 Å². The van der Waals surface area contributed by atoms with Gasteiger partial charge >= 0.3 is 0 Å². The zero-order valence-electron chi connectivity index (χ0n) is 11.0. The van der Waals surface area contributed by atoms with Gasteiger partial charge in [0.05, 0.1) is 16.2 Å². The monoisotopic (exact) mass is 321 g/mol. The Morgan fingerprint density at radius 1 is 1.32 bits per heavy atom. The topological polar surface area (TPSA) is 84.6 Å². The lowest BCUT2D eigenvalue weighted by Gasteiger charge is -2.01. The fourth-order valence-corrected chi connectivity index (χ4v) is 1.87. The van der Waals surface area contributed by atoms with Crippen molar-refractivity contribution in [1.29, 1.82) is 0 Å². The zero-order chi connectivity index (χ0) is 16.1. The molecule has 0 atom stereocenters. The number of nitrogens with one attached hydrogen (secondary N) is 1. The minimum absolute atomic E-state index is 0.116. The van der Waals surface area contributed by atoms with E-state index in [9.17, 15) is 19.3 Å². The Labute approximate surface area is 129 Å². The molecule has 112 valence electrons. The van der Waals surface area contributed by atoms with Crippen LogP contribution in [0.4, 0.5) is 10.1 Å². The zero-order valence-corrected chi connectivity index (χ0v) is 11.7. The third kappa shape index (κ3) is 3.64. The van der Waals surface area contributed by atoms with E-state index in [4.69, 9.17) is 11.6 Å². The molecule has 0 aliphatic rings. The third-order valence-corrected chi connectivity index (χ3v) is 3.00. The maximum atomic E-state index is 12.9. The van der Waals surface area contributed by atoms with E-state index in [1.54, 1.807) is 0 Å². The maximum absolute atomic E-state index is 12.9. The van der Waals surface area contributed by atoms with Crippen molar-refractivity contribution < 1.29 is 14.1 Å². The van der Waals surface area contributed by atoms with E-state index in [1.807, 2.05) is 0 Å². The van der Waals surface area contributed by atoms with E-state index in [2.05, 4.69) is 10.5 Å². The molecule has 0 saturated heterocycles. The second-order valence-corrected chi connectivity index (χ2v) is 4.55. The summed E-state index contributed by atoms with van der Waals surface area (Å²) in [5.41, 5.74) is 2.11. The van der Waals surface area contributed by atoms with E-state index < -0.39 is 16.6 Å². The number of halogens is 2. The summed E-state index contributed by atoms with van der Waals surface area (Å²) in [6.07, 6.45) is 1.22. The van der Waals surface area contributed by atoms with Gasteiger partial charge in [0.2, 0.25) is 0 Å². The van der Waals surface area contributed by atoms with E-state index >= 15 is 0 Å². The Bertz CT molecular complexity index is 765. The van der Waals surface area contributed by atoms with E-state index in [0.717, 1.165) is 6.07 Å². The van der Waals surface area contributed by atoms with Gasteiger partial charge in [-0.15, -0.1) is 0 Å². The molecule has 2 aromatic carbocycles. The van der Waals surface area contributed by atoms with Gasteiger partial charge in [0.15, 0.2) is 0 Å². The van der Waals surface area contributed by atoms with Gasteiger partial charge in [0, 0.05) is 11.6 Å². The average Bonchev–Trinajstić information content (AvgIpc) is 2.49. The highest BCUT2D eigenvalue weighted by Gasteiger charge is 2.18. The highest BCUT2D eigenvalue weighted by molar-refractivity contribution is 6.33. The fourth-order valence-electron chi connectivity index (χ4n) is 1.65. The number of nitro groups is 1. The minimum Gasteiger partial charge on any atom is -0.267 e.